The van der Waals surface area contributed by atoms with Gasteiger partial charge in [-0.25, -0.2) is 23.4 Å². The zero-order chi connectivity index (χ0) is 27.7. The number of pyridine rings is 2. The molecule has 5 rings (SSSR count). The van der Waals surface area contributed by atoms with E-state index in [2.05, 4.69) is 20.4 Å². The van der Waals surface area contributed by atoms with Crippen molar-refractivity contribution in [3.05, 3.63) is 60.6 Å². The predicted octanol–water partition coefficient (Wildman–Crippen LogP) is 4.98. The molecule has 4 aromatic rings. The number of aromatic nitrogens is 4. The molecule has 4 heterocycles. The lowest BCUT2D eigenvalue weighted by molar-refractivity contribution is 0.0566. The summed E-state index contributed by atoms with van der Waals surface area (Å²) in [6, 6.07) is 6.55. The molecular formula is C26H25F4N7O2. The lowest BCUT2D eigenvalue weighted by atomic mass is 10.0. The Balaban J connectivity index is 1.53. The number of nitrogens with two attached hydrogens (primary N) is 1. The van der Waals surface area contributed by atoms with Gasteiger partial charge in [0, 0.05) is 54.8 Å². The van der Waals surface area contributed by atoms with Crippen molar-refractivity contribution in [2.24, 2.45) is 0 Å². The number of aliphatic hydroxyl groups is 1. The molecular weight excluding hydrogens is 518 g/mol. The van der Waals surface area contributed by atoms with Gasteiger partial charge in [0.1, 0.15) is 34.7 Å². The highest BCUT2D eigenvalue weighted by Gasteiger charge is 2.23. The van der Waals surface area contributed by atoms with Gasteiger partial charge in [-0.15, -0.1) is 0 Å². The van der Waals surface area contributed by atoms with Crippen molar-refractivity contribution in [1.29, 1.82) is 0 Å². The van der Waals surface area contributed by atoms with Crippen LogP contribution in [0.25, 0.3) is 22.4 Å². The standard InChI is InChI=1S/C26H25F4N7O2/c1-39-21-8-15(27)7-18(28)24(21)25-19(31)4-5-22(35-25)34-23-9-20(36-6-2-3-16(38)13-36)17(11-32-23)14-10-33-37(12-14)26(29)30/h4-5,7-12,16,26,38H,2-3,6,13,31H2,1H3,(H,32,34,35)/t16-/m0/s1. The van der Waals surface area contributed by atoms with Crippen LogP contribution in [0.2, 0.25) is 0 Å². The number of ether oxygens (including phenoxy) is 1. The minimum absolute atomic E-state index is 0.0461. The third kappa shape index (κ3) is 5.43. The highest BCUT2D eigenvalue weighted by Crippen LogP contribution is 2.38. The van der Waals surface area contributed by atoms with E-state index in [0.29, 0.717) is 46.8 Å². The number of nitrogens with zero attached hydrogens (tertiary/aromatic N) is 5. The molecule has 0 bridgehead atoms. The quantitative estimate of drug-likeness (QED) is 0.280. The number of rotatable bonds is 7. The summed E-state index contributed by atoms with van der Waals surface area (Å²) < 4.78 is 60.5. The number of methoxy groups -OCH3 is 1. The number of β-amino-alcohol motifs (C(OH)–C–C–N with tert-alkyl or cyclic N) is 1. The summed E-state index contributed by atoms with van der Waals surface area (Å²) >= 11 is 0. The molecule has 4 N–H and O–H groups in total. The van der Waals surface area contributed by atoms with Gasteiger partial charge in [-0.05, 0) is 25.0 Å². The molecule has 0 radical (unpaired) electrons. The summed E-state index contributed by atoms with van der Waals surface area (Å²) in [5.74, 6) is -1.15. The largest absolute Gasteiger partial charge is 0.496 e. The third-order valence-corrected chi connectivity index (χ3v) is 6.39. The number of hydrogen-bond acceptors (Lipinski definition) is 8. The lowest BCUT2D eigenvalue weighted by Gasteiger charge is -2.33. The van der Waals surface area contributed by atoms with Gasteiger partial charge in [0.2, 0.25) is 0 Å². The second kappa shape index (κ2) is 10.8. The van der Waals surface area contributed by atoms with Crippen LogP contribution in [-0.4, -0.2) is 51.2 Å². The van der Waals surface area contributed by atoms with Crippen LogP contribution in [0.15, 0.2) is 48.9 Å². The first-order valence-electron chi connectivity index (χ1n) is 12.1. The first-order valence-corrected chi connectivity index (χ1v) is 12.1. The number of hydrogen-bond donors (Lipinski definition) is 3. The van der Waals surface area contributed by atoms with Gasteiger partial charge in [0.15, 0.2) is 0 Å². The normalized spacial score (nSPS) is 15.6. The van der Waals surface area contributed by atoms with Crippen molar-refractivity contribution in [1.82, 2.24) is 19.7 Å². The van der Waals surface area contributed by atoms with Gasteiger partial charge in [-0.1, -0.05) is 0 Å². The molecule has 0 amide bonds. The van der Waals surface area contributed by atoms with Gasteiger partial charge < -0.3 is 25.8 Å². The second-order valence-corrected chi connectivity index (χ2v) is 9.04. The summed E-state index contributed by atoms with van der Waals surface area (Å²) in [4.78, 5) is 10.8. The topological polar surface area (TPSA) is 114 Å². The molecule has 0 unspecified atom stereocenters. The average Bonchev–Trinajstić information content (AvgIpc) is 3.40. The smallest absolute Gasteiger partial charge is 0.333 e. The van der Waals surface area contributed by atoms with E-state index in [-0.39, 0.29) is 28.5 Å². The van der Waals surface area contributed by atoms with Crippen LogP contribution in [0.3, 0.4) is 0 Å². The molecule has 0 saturated carbocycles. The van der Waals surface area contributed by atoms with E-state index in [9.17, 15) is 22.7 Å². The lowest BCUT2D eigenvalue weighted by Crippen LogP contribution is -2.38. The van der Waals surface area contributed by atoms with Gasteiger partial charge in [-0.2, -0.15) is 13.9 Å². The number of nitrogens with one attached hydrogen (secondary N) is 1. The molecule has 1 fully saturated rings. The molecule has 9 nitrogen and oxygen atoms in total. The van der Waals surface area contributed by atoms with Crippen molar-refractivity contribution in [2.45, 2.75) is 25.5 Å². The summed E-state index contributed by atoms with van der Waals surface area (Å²) in [6.45, 7) is -1.79. The van der Waals surface area contributed by atoms with Crippen LogP contribution in [0.4, 0.5) is 40.6 Å². The highest BCUT2D eigenvalue weighted by atomic mass is 19.3. The minimum Gasteiger partial charge on any atom is -0.496 e. The van der Waals surface area contributed by atoms with Gasteiger partial charge >= 0.3 is 6.55 Å². The van der Waals surface area contributed by atoms with Crippen molar-refractivity contribution in [2.75, 3.05) is 36.1 Å². The van der Waals surface area contributed by atoms with Crippen LogP contribution in [-0.2, 0) is 0 Å². The van der Waals surface area contributed by atoms with E-state index < -0.39 is 24.3 Å². The number of benzene rings is 1. The predicted molar refractivity (Wildman–Crippen MR) is 138 cm³/mol. The molecule has 0 aliphatic carbocycles. The van der Waals surface area contributed by atoms with E-state index in [1.165, 1.54) is 31.8 Å². The Morgan fingerprint density at radius 2 is 1.97 bits per heavy atom. The first kappa shape index (κ1) is 26.2. The van der Waals surface area contributed by atoms with E-state index in [0.717, 1.165) is 18.6 Å². The molecule has 0 spiro atoms. The van der Waals surface area contributed by atoms with Crippen molar-refractivity contribution in [3.8, 4) is 28.1 Å². The van der Waals surface area contributed by atoms with E-state index in [4.69, 9.17) is 10.5 Å². The van der Waals surface area contributed by atoms with E-state index in [1.54, 1.807) is 12.1 Å². The SMILES string of the molecule is COc1cc(F)cc(F)c1-c1nc(Nc2cc(N3CCC[C@H](O)C3)c(-c3cnn(C(F)F)c3)cn2)ccc1N. The van der Waals surface area contributed by atoms with Crippen molar-refractivity contribution in [3.63, 3.8) is 0 Å². The summed E-state index contributed by atoms with van der Waals surface area (Å²) in [7, 11) is 1.28. The maximum absolute atomic E-state index is 14.7. The zero-order valence-electron chi connectivity index (χ0n) is 20.8. The molecule has 1 aliphatic rings. The summed E-state index contributed by atoms with van der Waals surface area (Å²) in [5.41, 5.74) is 7.83. The van der Waals surface area contributed by atoms with Crippen LogP contribution in [0, 0.1) is 11.6 Å². The Labute approximate surface area is 220 Å². The van der Waals surface area contributed by atoms with Crippen molar-refractivity contribution >= 4 is 23.0 Å². The number of alkyl halides is 2. The van der Waals surface area contributed by atoms with Gasteiger partial charge in [0.25, 0.3) is 0 Å². The molecule has 3 aromatic heterocycles. The Kier molecular flexibility index (Phi) is 7.24. The Morgan fingerprint density at radius 3 is 2.69 bits per heavy atom. The zero-order valence-corrected chi connectivity index (χ0v) is 20.8. The molecule has 39 heavy (non-hydrogen) atoms. The first-order chi connectivity index (χ1) is 18.7. The van der Waals surface area contributed by atoms with Crippen LogP contribution >= 0.6 is 0 Å². The monoisotopic (exact) mass is 543 g/mol. The summed E-state index contributed by atoms with van der Waals surface area (Å²) in [6.07, 6.45) is 4.95. The van der Waals surface area contributed by atoms with Crippen LogP contribution in [0.1, 0.15) is 19.4 Å². The van der Waals surface area contributed by atoms with E-state index >= 15 is 0 Å². The summed E-state index contributed by atoms with van der Waals surface area (Å²) in [5, 5.41) is 17.0. The fourth-order valence-corrected chi connectivity index (χ4v) is 4.57. The maximum atomic E-state index is 14.7. The Morgan fingerprint density at radius 1 is 1.15 bits per heavy atom. The fourth-order valence-electron chi connectivity index (χ4n) is 4.57. The second-order valence-electron chi connectivity index (χ2n) is 9.04. The Bertz CT molecular complexity index is 1500. The molecule has 1 aliphatic heterocycles. The number of aliphatic hydroxyl groups excluding tert-OH is 1. The molecule has 13 heteroatoms. The number of anilines is 4. The Hall–Kier alpha value is -4.39. The van der Waals surface area contributed by atoms with Crippen molar-refractivity contribution < 1.29 is 27.4 Å². The van der Waals surface area contributed by atoms with Gasteiger partial charge in [-0.3, -0.25) is 0 Å². The maximum Gasteiger partial charge on any atom is 0.333 e. The molecule has 1 aromatic carbocycles. The van der Waals surface area contributed by atoms with Crippen LogP contribution in [0.5, 0.6) is 5.75 Å². The van der Waals surface area contributed by atoms with E-state index in [1.807, 2.05) is 4.90 Å². The highest BCUT2D eigenvalue weighted by molar-refractivity contribution is 5.82. The molecule has 204 valence electrons. The average molecular weight is 544 g/mol. The van der Waals surface area contributed by atoms with Crippen LogP contribution < -0.4 is 20.7 Å². The molecule has 1 saturated heterocycles. The minimum atomic E-state index is -2.79. The number of halogens is 4. The third-order valence-electron chi connectivity index (χ3n) is 6.39. The molecule has 1 atom stereocenters. The van der Waals surface area contributed by atoms with Gasteiger partial charge in [0.05, 0.1) is 36.3 Å². The fraction of sp³-hybridized carbons (Fsp3) is 0.269. The number of piperidine rings is 1. The number of nitrogen functional groups attached to an aromatic ring is 1.